The number of nitrogens with zero attached hydrogens (tertiary/aromatic N) is 3. The van der Waals surface area contributed by atoms with Gasteiger partial charge in [0, 0.05) is 17.8 Å². The lowest BCUT2D eigenvalue weighted by Crippen LogP contribution is -2.29. The second kappa shape index (κ2) is 9.75. The maximum Gasteiger partial charge on any atom is 0.270 e. The van der Waals surface area contributed by atoms with Crippen LogP contribution in [0.2, 0.25) is 0 Å². The highest BCUT2D eigenvalue weighted by Crippen LogP contribution is 2.36. The number of anilines is 2. The molecule has 0 bridgehead atoms. The summed E-state index contributed by atoms with van der Waals surface area (Å²) in [5.41, 5.74) is 2.77. The zero-order valence-electron chi connectivity index (χ0n) is 19.8. The smallest absolute Gasteiger partial charge is 0.270 e. The summed E-state index contributed by atoms with van der Waals surface area (Å²) >= 11 is 2.66. The van der Waals surface area contributed by atoms with Crippen molar-refractivity contribution in [1.82, 2.24) is 4.98 Å². The summed E-state index contributed by atoms with van der Waals surface area (Å²) in [4.78, 5) is 54.5. The number of carbonyl (C=O) groups is 3. The van der Waals surface area contributed by atoms with Gasteiger partial charge in [0.1, 0.15) is 0 Å². The molecule has 0 unspecified atom stereocenters. The third-order valence-corrected chi connectivity index (χ3v) is 8.04. The summed E-state index contributed by atoms with van der Waals surface area (Å²) in [6.45, 7) is 4.14. The quantitative estimate of drug-likeness (QED) is 0.137. The van der Waals surface area contributed by atoms with E-state index in [9.17, 15) is 24.5 Å². The van der Waals surface area contributed by atoms with E-state index in [1.165, 1.54) is 35.2 Å². The Labute approximate surface area is 219 Å². The van der Waals surface area contributed by atoms with Crippen molar-refractivity contribution in [3.05, 3.63) is 87.5 Å². The third-order valence-electron chi connectivity index (χ3n) is 5.88. The Morgan fingerprint density at radius 3 is 2.59 bits per heavy atom. The molecule has 0 saturated carbocycles. The first-order chi connectivity index (χ1) is 17.7. The number of hydrogen-bond donors (Lipinski definition) is 1. The van der Waals surface area contributed by atoms with Crippen molar-refractivity contribution in [2.75, 3.05) is 16.0 Å². The predicted molar refractivity (Wildman–Crippen MR) is 144 cm³/mol. The van der Waals surface area contributed by atoms with Gasteiger partial charge in [0.05, 0.1) is 37.7 Å². The number of nitro benzene ring substituents is 1. The number of thiazole rings is 1. The number of benzene rings is 3. The van der Waals surface area contributed by atoms with Crippen molar-refractivity contribution in [2.24, 2.45) is 0 Å². The van der Waals surface area contributed by atoms with Crippen LogP contribution in [0.3, 0.4) is 0 Å². The fourth-order valence-electron chi connectivity index (χ4n) is 4.10. The molecule has 5 rings (SSSR count). The van der Waals surface area contributed by atoms with Gasteiger partial charge in [0.2, 0.25) is 5.91 Å². The summed E-state index contributed by atoms with van der Waals surface area (Å²) in [5, 5.41) is 14.0. The molecule has 0 saturated heterocycles. The number of rotatable bonds is 7. The van der Waals surface area contributed by atoms with Crippen LogP contribution >= 0.6 is 23.1 Å². The number of thioether (sulfide) groups is 1. The van der Waals surface area contributed by atoms with Crippen molar-refractivity contribution in [3.8, 4) is 0 Å². The van der Waals surface area contributed by atoms with E-state index in [1.54, 1.807) is 18.2 Å². The molecule has 1 aliphatic heterocycles. The zero-order chi connectivity index (χ0) is 26.3. The van der Waals surface area contributed by atoms with Crippen molar-refractivity contribution >= 4 is 68.1 Å². The monoisotopic (exact) mass is 532 g/mol. The number of hydrogen-bond acceptors (Lipinski definition) is 8. The van der Waals surface area contributed by atoms with E-state index < -0.39 is 16.7 Å². The number of aromatic nitrogens is 1. The molecule has 0 fully saturated rings. The molecule has 0 atom stereocenters. The first-order valence-corrected chi connectivity index (χ1v) is 13.1. The largest absolute Gasteiger partial charge is 0.325 e. The molecular weight excluding hydrogens is 512 g/mol. The second-order valence-electron chi connectivity index (χ2n) is 8.64. The standard InChI is InChI=1S/C26H20N4O5S2/c1-14(2)17-5-3-4-6-20(17)27-23(31)13-36-26-28-21-10-8-15(12-22(21)37-26)29-24(32)18-9-7-16(30(34)35)11-19(18)25(29)33/h3-12,14H,13H2,1-2H3,(H,27,31). The zero-order valence-corrected chi connectivity index (χ0v) is 21.4. The molecule has 2 heterocycles. The number of para-hydroxylation sites is 1. The highest BCUT2D eigenvalue weighted by atomic mass is 32.2. The highest BCUT2D eigenvalue weighted by Gasteiger charge is 2.38. The predicted octanol–water partition coefficient (Wildman–Crippen LogP) is 5.86. The maximum atomic E-state index is 12.9. The molecule has 0 aliphatic carbocycles. The molecule has 1 aromatic heterocycles. The van der Waals surface area contributed by atoms with Crippen LogP contribution in [0.25, 0.3) is 10.2 Å². The van der Waals surface area contributed by atoms with Crippen LogP contribution in [0.1, 0.15) is 46.0 Å². The minimum Gasteiger partial charge on any atom is -0.325 e. The first-order valence-electron chi connectivity index (χ1n) is 11.3. The number of non-ortho nitro benzene ring substituents is 1. The second-order valence-corrected chi connectivity index (χ2v) is 10.9. The van der Waals surface area contributed by atoms with Gasteiger partial charge in [0.15, 0.2) is 4.34 Å². The molecule has 1 N–H and O–H groups in total. The normalized spacial score (nSPS) is 12.9. The Hall–Kier alpha value is -4.09. The van der Waals surface area contributed by atoms with Gasteiger partial charge in [-0.3, -0.25) is 24.5 Å². The molecule has 37 heavy (non-hydrogen) atoms. The number of amides is 3. The topological polar surface area (TPSA) is 123 Å². The molecule has 9 nitrogen and oxygen atoms in total. The molecule has 1 aliphatic rings. The fourth-order valence-corrected chi connectivity index (χ4v) is 6.00. The van der Waals surface area contributed by atoms with Crippen molar-refractivity contribution in [3.63, 3.8) is 0 Å². The van der Waals surface area contributed by atoms with Crippen molar-refractivity contribution < 1.29 is 19.3 Å². The first kappa shape index (κ1) is 24.6. The van der Waals surface area contributed by atoms with Gasteiger partial charge in [-0.15, -0.1) is 11.3 Å². The lowest BCUT2D eigenvalue weighted by atomic mass is 10.0. The third kappa shape index (κ3) is 4.70. The van der Waals surface area contributed by atoms with Crippen molar-refractivity contribution in [2.45, 2.75) is 24.1 Å². The number of nitro groups is 1. The fraction of sp³-hybridized carbons (Fsp3) is 0.154. The lowest BCUT2D eigenvalue weighted by Gasteiger charge is -2.13. The Balaban J connectivity index is 1.31. The average molecular weight is 533 g/mol. The Morgan fingerprint density at radius 1 is 1.08 bits per heavy atom. The van der Waals surface area contributed by atoms with Crippen LogP contribution in [0, 0.1) is 10.1 Å². The van der Waals surface area contributed by atoms with E-state index in [4.69, 9.17) is 0 Å². The minimum atomic E-state index is -0.611. The van der Waals surface area contributed by atoms with E-state index in [0.29, 0.717) is 15.5 Å². The summed E-state index contributed by atoms with van der Waals surface area (Å²) in [6.07, 6.45) is 0. The molecule has 11 heteroatoms. The highest BCUT2D eigenvalue weighted by molar-refractivity contribution is 8.01. The average Bonchev–Trinajstić information content (AvgIpc) is 3.40. The van der Waals surface area contributed by atoms with Crippen LogP contribution in [0.4, 0.5) is 17.1 Å². The minimum absolute atomic E-state index is 0.00454. The van der Waals surface area contributed by atoms with Crippen molar-refractivity contribution in [1.29, 1.82) is 0 Å². The molecule has 186 valence electrons. The van der Waals surface area contributed by atoms with E-state index in [1.807, 2.05) is 24.3 Å². The van der Waals surface area contributed by atoms with Gasteiger partial charge in [-0.2, -0.15) is 0 Å². The molecule has 0 radical (unpaired) electrons. The molecular formula is C26H20N4O5S2. The Morgan fingerprint density at radius 2 is 1.84 bits per heavy atom. The van der Waals surface area contributed by atoms with Crippen LogP contribution in [0.15, 0.2) is 65.0 Å². The Kier molecular flexibility index (Phi) is 6.48. The number of carbonyl (C=O) groups excluding carboxylic acids is 3. The van der Waals surface area contributed by atoms with Crippen LogP contribution in [-0.4, -0.2) is 33.4 Å². The van der Waals surface area contributed by atoms with E-state index >= 15 is 0 Å². The van der Waals surface area contributed by atoms with Gasteiger partial charge >= 0.3 is 0 Å². The van der Waals surface area contributed by atoms with Gasteiger partial charge in [-0.25, -0.2) is 9.88 Å². The summed E-state index contributed by atoms with van der Waals surface area (Å²) in [7, 11) is 0. The number of nitrogens with one attached hydrogen (secondary N) is 1. The van der Waals surface area contributed by atoms with Gasteiger partial charge in [-0.1, -0.05) is 43.8 Å². The van der Waals surface area contributed by atoms with Gasteiger partial charge < -0.3 is 5.32 Å². The van der Waals surface area contributed by atoms with E-state index in [-0.39, 0.29) is 34.4 Å². The number of fused-ring (bicyclic) bond motifs is 2. The van der Waals surface area contributed by atoms with Crippen LogP contribution < -0.4 is 10.2 Å². The van der Waals surface area contributed by atoms with E-state index in [0.717, 1.165) is 26.9 Å². The Bertz CT molecular complexity index is 1600. The van der Waals surface area contributed by atoms with Gasteiger partial charge in [-0.05, 0) is 41.8 Å². The van der Waals surface area contributed by atoms with Crippen LogP contribution in [0.5, 0.6) is 0 Å². The SMILES string of the molecule is CC(C)c1ccccc1NC(=O)CSc1nc2ccc(N3C(=O)c4ccc([N+](=O)[O-])cc4C3=O)cc2s1. The maximum absolute atomic E-state index is 12.9. The molecule has 0 spiro atoms. The molecule has 3 aromatic carbocycles. The summed E-state index contributed by atoms with van der Waals surface area (Å²) in [6, 6.07) is 16.4. The van der Waals surface area contributed by atoms with E-state index in [2.05, 4.69) is 24.1 Å². The molecule has 4 aromatic rings. The number of imide groups is 1. The molecule has 3 amide bonds. The lowest BCUT2D eigenvalue weighted by molar-refractivity contribution is -0.384. The summed E-state index contributed by atoms with van der Waals surface area (Å²) in [5.74, 6) is -0.832. The van der Waals surface area contributed by atoms with Gasteiger partial charge in [0.25, 0.3) is 17.5 Å². The summed E-state index contributed by atoms with van der Waals surface area (Å²) < 4.78 is 1.42. The van der Waals surface area contributed by atoms with Crippen LogP contribution in [-0.2, 0) is 4.79 Å².